The Kier molecular flexibility index (Phi) is 2.50. The van der Waals surface area contributed by atoms with Crippen molar-refractivity contribution in [2.24, 2.45) is 0 Å². The number of aldehydes is 1. The van der Waals surface area contributed by atoms with Crippen LogP contribution in [0.2, 0.25) is 0 Å². The summed E-state index contributed by atoms with van der Waals surface area (Å²) >= 11 is 0. The maximum atomic E-state index is 12.7. The maximum Gasteiger partial charge on any atom is 0.280 e. The second kappa shape index (κ2) is 3.42. The van der Waals surface area contributed by atoms with Gasteiger partial charge in [0.2, 0.25) is 0 Å². The zero-order chi connectivity index (χ0) is 10.0. The van der Waals surface area contributed by atoms with E-state index in [1.807, 2.05) is 0 Å². The Hall–Kier alpha value is -1.59. The summed E-state index contributed by atoms with van der Waals surface area (Å²) in [4.78, 5) is 13.4. The van der Waals surface area contributed by atoms with Crippen molar-refractivity contribution in [3.8, 4) is 0 Å². The molecule has 1 aromatic rings. The quantitative estimate of drug-likeness (QED) is 0.720. The first kappa shape index (κ1) is 9.50. The molecule has 1 rings (SSSR count). The zero-order valence-electron chi connectivity index (χ0n) is 6.30. The van der Waals surface area contributed by atoms with E-state index in [1.165, 1.54) is 0 Å². The SMILES string of the molecule is Nc1c(F)cc(C(F)F)nc1C=O. The molecule has 1 aromatic heterocycles. The van der Waals surface area contributed by atoms with Crippen LogP contribution in [0.1, 0.15) is 22.6 Å². The van der Waals surface area contributed by atoms with Gasteiger partial charge in [-0.3, -0.25) is 4.79 Å². The molecule has 0 saturated carbocycles. The molecule has 0 saturated heterocycles. The topological polar surface area (TPSA) is 56.0 Å². The number of nitrogens with two attached hydrogens (primary N) is 1. The molecule has 0 aliphatic carbocycles. The van der Waals surface area contributed by atoms with Crippen molar-refractivity contribution in [2.75, 3.05) is 5.73 Å². The third-order valence-electron chi connectivity index (χ3n) is 1.39. The molecule has 0 fully saturated rings. The van der Waals surface area contributed by atoms with Gasteiger partial charge in [-0.25, -0.2) is 18.2 Å². The van der Waals surface area contributed by atoms with E-state index in [-0.39, 0.29) is 6.29 Å². The zero-order valence-corrected chi connectivity index (χ0v) is 6.30. The number of rotatable bonds is 2. The van der Waals surface area contributed by atoms with Crippen LogP contribution >= 0.6 is 0 Å². The van der Waals surface area contributed by atoms with Gasteiger partial charge in [0.25, 0.3) is 6.43 Å². The Bertz CT molecular complexity index is 341. The minimum absolute atomic E-state index is 0.129. The highest BCUT2D eigenvalue weighted by Gasteiger charge is 2.15. The molecule has 0 bridgehead atoms. The summed E-state index contributed by atoms with van der Waals surface area (Å²) < 4.78 is 36.7. The van der Waals surface area contributed by atoms with Crippen molar-refractivity contribution >= 4 is 12.0 Å². The minimum Gasteiger partial charge on any atom is -0.394 e. The smallest absolute Gasteiger partial charge is 0.280 e. The fourth-order valence-electron chi connectivity index (χ4n) is 0.763. The van der Waals surface area contributed by atoms with Crippen molar-refractivity contribution in [3.05, 3.63) is 23.3 Å². The average Bonchev–Trinajstić information content (AvgIpc) is 2.09. The summed E-state index contributed by atoms with van der Waals surface area (Å²) in [5, 5.41) is 0. The first-order valence-electron chi connectivity index (χ1n) is 3.25. The predicted molar refractivity (Wildman–Crippen MR) is 39.0 cm³/mol. The fourth-order valence-corrected chi connectivity index (χ4v) is 0.763. The number of nitrogens with zero attached hydrogens (tertiary/aromatic N) is 1. The van der Waals surface area contributed by atoms with Gasteiger partial charge in [-0.2, -0.15) is 0 Å². The molecule has 0 aromatic carbocycles. The van der Waals surface area contributed by atoms with Gasteiger partial charge in [0, 0.05) is 6.07 Å². The first-order chi connectivity index (χ1) is 6.06. The van der Waals surface area contributed by atoms with Crippen LogP contribution in [0, 0.1) is 5.82 Å². The molecule has 2 N–H and O–H groups in total. The van der Waals surface area contributed by atoms with E-state index in [0.717, 1.165) is 0 Å². The third kappa shape index (κ3) is 1.77. The monoisotopic (exact) mass is 190 g/mol. The number of aromatic nitrogens is 1. The van der Waals surface area contributed by atoms with Crippen LogP contribution in [0.5, 0.6) is 0 Å². The highest BCUT2D eigenvalue weighted by atomic mass is 19.3. The van der Waals surface area contributed by atoms with Gasteiger partial charge < -0.3 is 5.73 Å². The van der Waals surface area contributed by atoms with Gasteiger partial charge >= 0.3 is 0 Å². The second-order valence-electron chi connectivity index (χ2n) is 2.25. The molecule has 3 nitrogen and oxygen atoms in total. The summed E-state index contributed by atoms with van der Waals surface area (Å²) in [6.45, 7) is 0. The van der Waals surface area contributed by atoms with E-state index in [1.54, 1.807) is 0 Å². The maximum absolute atomic E-state index is 12.7. The molecular formula is C7H5F3N2O. The second-order valence-corrected chi connectivity index (χ2v) is 2.25. The molecule has 1 heterocycles. The van der Waals surface area contributed by atoms with Crippen LogP contribution in [0.3, 0.4) is 0 Å². The van der Waals surface area contributed by atoms with E-state index >= 15 is 0 Å². The Labute approximate surface area is 71.4 Å². The number of alkyl halides is 2. The Morgan fingerprint density at radius 3 is 2.62 bits per heavy atom. The third-order valence-corrected chi connectivity index (χ3v) is 1.39. The number of pyridine rings is 1. The van der Waals surface area contributed by atoms with Crippen LogP contribution in [-0.4, -0.2) is 11.3 Å². The number of hydrogen-bond donors (Lipinski definition) is 1. The molecule has 6 heteroatoms. The lowest BCUT2D eigenvalue weighted by Crippen LogP contribution is -2.04. The number of hydrogen-bond acceptors (Lipinski definition) is 3. The minimum atomic E-state index is -2.92. The van der Waals surface area contributed by atoms with Crippen LogP contribution in [0.15, 0.2) is 6.07 Å². The van der Waals surface area contributed by atoms with Gasteiger partial charge in [0.15, 0.2) is 6.29 Å². The van der Waals surface area contributed by atoms with E-state index in [9.17, 15) is 18.0 Å². The lowest BCUT2D eigenvalue weighted by Gasteiger charge is -2.03. The number of nitrogen functional groups attached to an aromatic ring is 1. The normalized spacial score (nSPS) is 10.5. The van der Waals surface area contributed by atoms with E-state index < -0.39 is 29.3 Å². The van der Waals surface area contributed by atoms with Gasteiger partial charge in [-0.15, -0.1) is 0 Å². The number of carbonyl (C=O) groups is 1. The summed E-state index contributed by atoms with van der Waals surface area (Å²) in [7, 11) is 0. The van der Waals surface area contributed by atoms with Crippen LogP contribution in [0.4, 0.5) is 18.9 Å². The fraction of sp³-hybridized carbons (Fsp3) is 0.143. The van der Waals surface area contributed by atoms with Gasteiger partial charge in [0.05, 0.1) is 5.69 Å². The average molecular weight is 190 g/mol. The Balaban J connectivity index is 3.30. The molecule has 0 radical (unpaired) electrons. The van der Waals surface area contributed by atoms with Crippen LogP contribution < -0.4 is 5.73 Å². The summed E-state index contributed by atoms with van der Waals surface area (Å²) in [6.07, 6.45) is -2.79. The number of carbonyl (C=O) groups excluding carboxylic acids is 1. The molecule has 0 amide bonds. The molecule has 0 atom stereocenters. The highest BCUT2D eigenvalue weighted by Crippen LogP contribution is 2.21. The molecule has 0 aliphatic heterocycles. The van der Waals surface area contributed by atoms with Gasteiger partial charge in [0.1, 0.15) is 17.2 Å². The Morgan fingerprint density at radius 1 is 1.54 bits per heavy atom. The molecule has 70 valence electrons. The molecular weight excluding hydrogens is 185 g/mol. The van der Waals surface area contributed by atoms with E-state index in [4.69, 9.17) is 5.73 Å². The standard InChI is InChI=1S/C7H5F3N2O/c8-3-1-4(7(9)10)12-5(2-13)6(3)11/h1-2,7H,11H2. The predicted octanol–water partition coefficient (Wildman–Crippen LogP) is 1.55. The van der Waals surface area contributed by atoms with Crippen LogP contribution in [0.25, 0.3) is 0 Å². The largest absolute Gasteiger partial charge is 0.394 e. The number of anilines is 1. The first-order valence-corrected chi connectivity index (χ1v) is 3.25. The van der Waals surface area contributed by atoms with Crippen molar-refractivity contribution in [1.29, 1.82) is 0 Å². The lowest BCUT2D eigenvalue weighted by molar-refractivity contribution is 0.111. The van der Waals surface area contributed by atoms with Crippen molar-refractivity contribution in [1.82, 2.24) is 4.98 Å². The summed E-state index contributed by atoms with van der Waals surface area (Å²) in [5.41, 5.74) is 3.23. The summed E-state index contributed by atoms with van der Waals surface area (Å²) in [5.74, 6) is -1.06. The van der Waals surface area contributed by atoms with Crippen molar-refractivity contribution in [3.63, 3.8) is 0 Å². The van der Waals surface area contributed by atoms with E-state index in [2.05, 4.69) is 4.98 Å². The van der Waals surface area contributed by atoms with Crippen molar-refractivity contribution in [2.45, 2.75) is 6.43 Å². The van der Waals surface area contributed by atoms with Gasteiger partial charge in [-0.05, 0) is 0 Å². The Morgan fingerprint density at radius 2 is 2.15 bits per heavy atom. The van der Waals surface area contributed by atoms with E-state index in [0.29, 0.717) is 6.07 Å². The highest BCUT2D eigenvalue weighted by molar-refractivity contribution is 5.80. The molecule has 0 aliphatic rings. The number of halogens is 3. The van der Waals surface area contributed by atoms with Crippen molar-refractivity contribution < 1.29 is 18.0 Å². The van der Waals surface area contributed by atoms with Crippen LogP contribution in [-0.2, 0) is 0 Å². The lowest BCUT2D eigenvalue weighted by atomic mass is 10.2. The summed E-state index contributed by atoms with van der Waals surface area (Å²) in [6, 6.07) is 0.507. The molecule has 0 spiro atoms. The molecule has 0 unspecified atom stereocenters. The van der Waals surface area contributed by atoms with Gasteiger partial charge in [-0.1, -0.05) is 0 Å². The molecule has 13 heavy (non-hydrogen) atoms.